The van der Waals surface area contributed by atoms with Crippen LogP contribution in [0.4, 0.5) is 18.9 Å². The van der Waals surface area contributed by atoms with E-state index in [4.69, 9.17) is 9.47 Å². The van der Waals surface area contributed by atoms with Gasteiger partial charge in [-0.15, -0.1) is 0 Å². The maximum atomic E-state index is 13.4. The van der Waals surface area contributed by atoms with Crippen LogP contribution in [0.15, 0.2) is 29.5 Å². The molecule has 9 nitrogen and oxygen atoms in total. The number of rotatable bonds is 6. The van der Waals surface area contributed by atoms with Crippen molar-refractivity contribution in [2.75, 3.05) is 38.7 Å². The van der Waals surface area contributed by atoms with E-state index in [2.05, 4.69) is 10.2 Å². The van der Waals surface area contributed by atoms with Crippen molar-refractivity contribution in [3.63, 3.8) is 0 Å². The summed E-state index contributed by atoms with van der Waals surface area (Å²) in [6.45, 7) is 2.33. The first-order valence-electron chi connectivity index (χ1n) is 12.4. The van der Waals surface area contributed by atoms with Crippen LogP contribution in [-0.2, 0) is 27.5 Å². The van der Waals surface area contributed by atoms with Crippen LogP contribution in [0.2, 0.25) is 0 Å². The van der Waals surface area contributed by atoms with Crippen LogP contribution in [0.25, 0.3) is 5.70 Å². The van der Waals surface area contributed by atoms with E-state index in [1.165, 1.54) is 7.11 Å². The molecule has 0 bridgehead atoms. The summed E-state index contributed by atoms with van der Waals surface area (Å²) in [6, 6.07) is 3.58. The lowest BCUT2D eigenvalue weighted by Gasteiger charge is -2.34. The van der Waals surface area contributed by atoms with Crippen molar-refractivity contribution in [2.45, 2.75) is 57.5 Å². The van der Waals surface area contributed by atoms with Gasteiger partial charge in [0.25, 0.3) is 0 Å². The first kappa shape index (κ1) is 27.2. The maximum absolute atomic E-state index is 13.4. The Morgan fingerprint density at radius 1 is 1.32 bits per heavy atom. The molecule has 0 radical (unpaired) electrons. The van der Waals surface area contributed by atoms with E-state index in [0.29, 0.717) is 65.7 Å². The molecule has 0 aliphatic carbocycles. The average Bonchev–Trinajstić information content (AvgIpc) is 2.95. The number of alkyl halides is 3. The number of methoxy groups -OCH3 is 1. The van der Waals surface area contributed by atoms with Gasteiger partial charge in [0.2, 0.25) is 0 Å². The van der Waals surface area contributed by atoms with Gasteiger partial charge in [-0.05, 0) is 55.5 Å². The number of anilines is 1. The second-order valence-electron chi connectivity index (χ2n) is 9.40. The topological polar surface area (TPSA) is 107 Å². The summed E-state index contributed by atoms with van der Waals surface area (Å²) in [7, 11) is 1.37. The Kier molecular flexibility index (Phi) is 8.63. The number of aliphatic hydroxyl groups is 1. The first-order chi connectivity index (χ1) is 17.7. The number of fused-ring (bicyclic) bond motifs is 2. The SMILES string of the molecule is COC(=O)CCN1CCC[C@@H](Nc2ccc3c(c2CO)COCCCC2=C3N(O)NC(C(F)(F)F)=C2)C1. The average molecular weight is 527 g/mol. The molecule has 3 heterocycles. The number of piperidine rings is 1. The highest BCUT2D eigenvalue weighted by Crippen LogP contribution is 2.38. The van der Waals surface area contributed by atoms with Gasteiger partial charge in [-0.1, -0.05) is 6.07 Å². The number of aliphatic hydroxyl groups excluding tert-OH is 1. The zero-order chi connectivity index (χ0) is 26.6. The lowest BCUT2D eigenvalue weighted by molar-refractivity contribution is -0.141. The molecule has 4 rings (SSSR count). The molecule has 1 atom stereocenters. The monoisotopic (exact) mass is 526 g/mol. The van der Waals surface area contributed by atoms with Crippen molar-refractivity contribution in [3.8, 4) is 0 Å². The Bertz CT molecular complexity index is 1060. The van der Waals surface area contributed by atoms with E-state index in [1.54, 1.807) is 12.1 Å². The molecule has 204 valence electrons. The van der Waals surface area contributed by atoms with Crippen molar-refractivity contribution in [3.05, 3.63) is 46.2 Å². The van der Waals surface area contributed by atoms with Gasteiger partial charge >= 0.3 is 12.1 Å². The van der Waals surface area contributed by atoms with Gasteiger partial charge in [0.15, 0.2) is 0 Å². The van der Waals surface area contributed by atoms with Gasteiger partial charge in [-0.3, -0.25) is 15.4 Å². The normalized spacial score (nSPS) is 21.1. The molecule has 1 aromatic rings. The molecule has 0 spiro atoms. The van der Waals surface area contributed by atoms with Crippen molar-refractivity contribution < 1.29 is 37.8 Å². The summed E-state index contributed by atoms with van der Waals surface area (Å²) in [6.07, 6.45) is -0.706. The highest BCUT2D eigenvalue weighted by atomic mass is 19.4. The Morgan fingerprint density at radius 3 is 2.86 bits per heavy atom. The second-order valence-corrected chi connectivity index (χ2v) is 9.40. The van der Waals surface area contributed by atoms with Gasteiger partial charge in [-0.25, -0.2) is 0 Å². The van der Waals surface area contributed by atoms with E-state index in [1.807, 2.05) is 5.43 Å². The molecule has 1 saturated heterocycles. The molecule has 37 heavy (non-hydrogen) atoms. The number of hydrazine groups is 1. The standard InChI is InChI=1S/C25H33F3N4O5/c1-36-23(34)8-10-31-9-2-5-17(13-31)29-21-7-6-18-20(19(21)14-33)15-37-11-3-4-16-12-22(25(26,27)28)30-32(35)24(16)18/h6-7,12,17,29-30,33,35H,2-5,8-11,13-15H2,1H3/t17-/m1/s1. The van der Waals surface area contributed by atoms with Gasteiger partial charge in [0.1, 0.15) is 5.70 Å². The number of nitrogens with zero attached hydrogens (tertiary/aromatic N) is 2. The molecule has 3 aliphatic rings. The predicted octanol–water partition coefficient (Wildman–Crippen LogP) is 3.30. The van der Waals surface area contributed by atoms with Gasteiger partial charge < -0.3 is 24.8 Å². The number of allylic oxidation sites excluding steroid dienone is 3. The number of carbonyl (C=O) groups excluding carboxylic acids is 1. The summed E-state index contributed by atoms with van der Waals surface area (Å²) in [4.78, 5) is 13.7. The summed E-state index contributed by atoms with van der Waals surface area (Å²) < 4.78 is 50.7. The molecular formula is C25H33F3N4O5. The molecule has 0 saturated carbocycles. The molecule has 0 amide bonds. The number of benzene rings is 1. The quantitative estimate of drug-likeness (QED) is 0.416. The fourth-order valence-electron chi connectivity index (χ4n) is 5.09. The Balaban J connectivity index is 1.64. The Hall–Kier alpha value is -2.80. The van der Waals surface area contributed by atoms with E-state index in [-0.39, 0.29) is 37.3 Å². The van der Waals surface area contributed by atoms with Crippen LogP contribution >= 0.6 is 0 Å². The third kappa shape index (κ3) is 6.38. The van der Waals surface area contributed by atoms with Gasteiger partial charge in [0, 0.05) is 42.6 Å². The van der Waals surface area contributed by atoms with Crippen LogP contribution in [0.3, 0.4) is 0 Å². The minimum absolute atomic E-state index is 0.0738. The molecule has 1 fully saturated rings. The largest absolute Gasteiger partial charge is 0.469 e. The fraction of sp³-hybridized carbons (Fsp3) is 0.560. The lowest BCUT2D eigenvalue weighted by atomic mass is 9.93. The number of ether oxygens (including phenoxy) is 2. The molecule has 3 aliphatic heterocycles. The van der Waals surface area contributed by atoms with Crippen molar-refractivity contribution in [1.29, 1.82) is 0 Å². The summed E-state index contributed by atoms with van der Waals surface area (Å²) in [5.74, 6) is -0.253. The van der Waals surface area contributed by atoms with Crippen LogP contribution in [0, 0.1) is 0 Å². The molecule has 0 aromatic heterocycles. The van der Waals surface area contributed by atoms with Crippen molar-refractivity contribution >= 4 is 17.4 Å². The van der Waals surface area contributed by atoms with Crippen molar-refractivity contribution in [2.24, 2.45) is 0 Å². The minimum Gasteiger partial charge on any atom is -0.469 e. The number of likely N-dealkylation sites (tertiary alicyclic amines) is 1. The number of carbonyl (C=O) groups is 1. The van der Waals surface area contributed by atoms with Crippen molar-refractivity contribution in [1.82, 2.24) is 15.5 Å². The fourth-order valence-corrected chi connectivity index (χ4v) is 5.09. The van der Waals surface area contributed by atoms with E-state index in [0.717, 1.165) is 25.5 Å². The smallest absolute Gasteiger partial charge is 0.432 e. The number of hydrogen-bond acceptors (Lipinski definition) is 9. The summed E-state index contributed by atoms with van der Waals surface area (Å²) >= 11 is 0. The molecular weight excluding hydrogens is 493 g/mol. The number of hydroxylamine groups is 1. The second kappa shape index (κ2) is 11.7. The van der Waals surface area contributed by atoms with E-state index < -0.39 is 11.9 Å². The molecule has 4 N–H and O–H groups in total. The first-order valence-corrected chi connectivity index (χ1v) is 12.4. The Labute approximate surface area is 213 Å². The van der Waals surface area contributed by atoms with Gasteiger partial charge in [-0.2, -0.15) is 18.3 Å². The summed E-state index contributed by atoms with van der Waals surface area (Å²) in [5.41, 5.74) is 3.87. The lowest BCUT2D eigenvalue weighted by Crippen LogP contribution is -2.43. The van der Waals surface area contributed by atoms with Crippen LogP contribution in [0.5, 0.6) is 0 Å². The third-order valence-corrected chi connectivity index (χ3v) is 6.92. The summed E-state index contributed by atoms with van der Waals surface area (Å²) in [5, 5.41) is 24.9. The molecule has 1 aromatic carbocycles. The van der Waals surface area contributed by atoms with Crippen LogP contribution in [-0.4, -0.2) is 71.9 Å². The van der Waals surface area contributed by atoms with E-state index in [9.17, 15) is 28.3 Å². The zero-order valence-corrected chi connectivity index (χ0v) is 20.7. The highest BCUT2D eigenvalue weighted by molar-refractivity contribution is 5.76. The number of halogens is 3. The number of nitrogens with one attached hydrogen (secondary N) is 2. The van der Waals surface area contributed by atoms with Crippen LogP contribution < -0.4 is 10.7 Å². The third-order valence-electron chi connectivity index (χ3n) is 6.92. The maximum Gasteiger partial charge on any atom is 0.432 e. The highest BCUT2D eigenvalue weighted by Gasteiger charge is 2.39. The number of hydrogen-bond donors (Lipinski definition) is 4. The number of esters is 1. The predicted molar refractivity (Wildman–Crippen MR) is 129 cm³/mol. The zero-order valence-electron chi connectivity index (χ0n) is 20.7. The molecule has 0 unspecified atom stereocenters. The minimum atomic E-state index is -4.65. The Morgan fingerprint density at radius 2 is 2.14 bits per heavy atom. The van der Waals surface area contributed by atoms with Crippen LogP contribution in [0.1, 0.15) is 48.8 Å². The van der Waals surface area contributed by atoms with E-state index >= 15 is 0 Å². The van der Waals surface area contributed by atoms with Gasteiger partial charge in [0.05, 0.1) is 32.4 Å². The molecule has 12 heteroatoms.